The van der Waals surface area contributed by atoms with E-state index in [1.54, 1.807) is 26.2 Å². The molecule has 1 unspecified atom stereocenters. The molecule has 2 aromatic rings. The summed E-state index contributed by atoms with van der Waals surface area (Å²) in [6.07, 6.45) is 3.25. The van der Waals surface area contributed by atoms with Crippen LogP contribution in [0.3, 0.4) is 0 Å². The van der Waals surface area contributed by atoms with Crippen molar-refractivity contribution in [2.24, 2.45) is 0 Å². The zero-order valence-electron chi connectivity index (χ0n) is 18.2. The second kappa shape index (κ2) is 10.2. The van der Waals surface area contributed by atoms with Crippen LogP contribution in [0.2, 0.25) is 0 Å². The Balaban J connectivity index is 1.61. The van der Waals surface area contributed by atoms with Gasteiger partial charge >= 0.3 is 0 Å². The first kappa shape index (κ1) is 21.7. The van der Waals surface area contributed by atoms with Crippen LogP contribution in [-0.4, -0.2) is 58.8 Å². The summed E-state index contributed by atoms with van der Waals surface area (Å²) >= 11 is 0. The Hall–Kier alpha value is -2.99. The number of nitrogens with one attached hydrogen (secondary N) is 1. The van der Waals surface area contributed by atoms with Gasteiger partial charge in [-0.25, -0.2) is 0 Å². The van der Waals surface area contributed by atoms with Gasteiger partial charge in [-0.15, -0.1) is 0 Å². The van der Waals surface area contributed by atoms with Crippen LogP contribution in [0.5, 0.6) is 17.2 Å². The van der Waals surface area contributed by atoms with E-state index in [-0.39, 0.29) is 5.91 Å². The monoisotopic (exact) mass is 411 g/mol. The Morgan fingerprint density at radius 1 is 1.00 bits per heavy atom. The van der Waals surface area contributed by atoms with Crippen LogP contribution < -0.4 is 19.1 Å². The Morgan fingerprint density at radius 2 is 1.73 bits per heavy atom. The number of quaternary nitrogens is 1. The second-order valence-corrected chi connectivity index (χ2v) is 7.47. The van der Waals surface area contributed by atoms with Crippen molar-refractivity contribution in [2.75, 3.05) is 48.0 Å². The minimum absolute atomic E-state index is 0.110. The van der Waals surface area contributed by atoms with Gasteiger partial charge in [0.2, 0.25) is 5.75 Å². The normalized spacial score (nSPS) is 15.9. The van der Waals surface area contributed by atoms with Crippen LogP contribution in [0.1, 0.15) is 17.5 Å². The number of benzene rings is 2. The molecule has 2 aromatic carbocycles. The fraction of sp³-hybridized carbons (Fsp3) is 0.375. The molecule has 0 radical (unpaired) electrons. The number of rotatable bonds is 8. The summed E-state index contributed by atoms with van der Waals surface area (Å²) < 4.78 is 16.3. The Labute approximate surface area is 178 Å². The first-order valence-electron chi connectivity index (χ1n) is 10.2. The van der Waals surface area contributed by atoms with Gasteiger partial charge < -0.3 is 24.0 Å². The summed E-state index contributed by atoms with van der Waals surface area (Å²) in [4.78, 5) is 15.9. The summed E-state index contributed by atoms with van der Waals surface area (Å²) in [5.41, 5.74) is 3.53. The lowest BCUT2D eigenvalue weighted by atomic mass is 9.99. The summed E-state index contributed by atoms with van der Waals surface area (Å²) in [7, 11) is 6.59. The molecule has 1 heterocycles. The molecule has 1 N–H and O–H groups in total. The molecular formula is C24H31N2O4+. The molecule has 0 aliphatic carbocycles. The van der Waals surface area contributed by atoms with Crippen LogP contribution in [0.15, 0.2) is 48.5 Å². The van der Waals surface area contributed by atoms with Gasteiger partial charge in [-0.1, -0.05) is 30.3 Å². The number of hydrogen-bond donors (Lipinski definition) is 1. The Bertz CT molecular complexity index is 896. The molecule has 160 valence electrons. The van der Waals surface area contributed by atoms with Crippen molar-refractivity contribution in [3.05, 3.63) is 59.7 Å². The van der Waals surface area contributed by atoms with E-state index in [9.17, 15) is 4.79 Å². The average molecular weight is 412 g/mol. The van der Waals surface area contributed by atoms with E-state index in [4.69, 9.17) is 14.2 Å². The summed E-state index contributed by atoms with van der Waals surface area (Å²) in [6, 6.07) is 14.2. The number of hydrogen-bond acceptors (Lipinski definition) is 4. The molecule has 1 atom stereocenters. The molecule has 1 aliphatic heterocycles. The van der Waals surface area contributed by atoms with E-state index in [2.05, 4.69) is 30.3 Å². The predicted molar refractivity (Wildman–Crippen MR) is 117 cm³/mol. The van der Waals surface area contributed by atoms with Gasteiger partial charge in [-0.3, -0.25) is 4.79 Å². The number of amides is 1. The van der Waals surface area contributed by atoms with E-state index in [0.29, 0.717) is 30.3 Å². The molecule has 6 heteroatoms. The third-order valence-corrected chi connectivity index (χ3v) is 5.55. The van der Waals surface area contributed by atoms with Crippen molar-refractivity contribution in [1.29, 1.82) is 0 Å². The molecule has 30 heavy (non-hydrogen) atoms. The lowest BCUT2D eigenvalue weighted by molar-refractivity contribution is -0.887. The van der Waals surface area contributed by atoms with Crippen LogP contribution >= 0.6 is 0 Å². The Morgan fingerprint density at radius 3 is 2.33 bits per heavy atom. The minimum atomic E-state index is 0.110. The molecular weight excluding hydrogens is 380 g/mol. The van der Waals surface area contributed by atoms with Gasteiger partial charge in [0.1, 0.15) is 0 Å². The lowest BCUT2D eigenvalue weighted by Gasteiger charge is -2.26. The molecule has 0 saturated carbocycles. The summed E-state index contributed by atoms with van der Waals surface area (Å²) in [5, 5.41) is 0. The lowest BCUT2D eigenvalue weighted by Crippen LogP contribution is -3.13. The SMILES string of the molecule is COc1ccc(CN(C)C(=O)C[NH+]2CC=C(c3ccccc3)CC2)c(OC)c1OC. The third kappa shape index (κ3) is 4.94. The van der Waals surface area contributed by atoms with Gasteiger partial charge in [0.15, 0.2) is 18.0 Å². The van der Waals surface area contributed by atoms with E-state index in [1.807, 2.05) is 25.2 Å². The quantitative estimate of drug-likeness (QED) is 0.722. The number of nitrogens with zero attached hydrogens (tertiary/aromatic N) is 1. The van der Waals surface area contributed by atoms with E-state index in [0.717, 1.165) is 25.1 Å². The van der Waals surface area contributed by atoms with Crippen LogP contribution in [-0.2, 0) is 11.3 Å². The van der Waals surface area contributed by atoms with Gasteiger partial charge in [0.25, 0.3) is 5.91 Å². The number of ether oxygens (including phenoxy) is 3. The topological polar surface area (TPSA) is 52.4 Å². The first-order valence-corrected chi connectivity index (χ1v) is 10.2. The van der Waals surface area contributed by atoms with Crippen molar-refractivity contribution < 1.29 is 23.9 Å². The Kier molecular flexibility index (Phi) is 7.36. The van der Waals surface area contributed by atoms with E-state index in [1.165, 1.54) is 16.0 Å². The molecule has 1 amide bonds. The highest BCUT2D eigenvalue weighted by molar-refractivity contribution is 5.77. The molecule has 0 spiro atoms. The summed E-state index contributed by atoms with van der Waals surface area (Å²) in [5.74, 6) is 1.85. The zero-order chi connectivity index (χ0) is 21.5. The van der Waals surface area contributed by atoms with Crippen LogP contribution in [0.25, 0.3) is 5.57 Å². The maximum atomic E-state index is 12.8. The largest absolute Gasteiger partial charge is 0.493 e. The van der Waals surface area contributed by atoms with E-state index >= 15 is 0 Å². The average Bonchev–Trinajstić information content (AvgIpc) is 2.79. The summed E-state index contributed by atoms with van der Waals surface area (Å²) in [6.45, 7) is 2.74. The second-order valence-electron chi connectivity index (χ2n) is 7.47. The standard InChI is InChI=1S/C24H30N2O4/c1-25(16-20-10-11-21(28-2)24(30-4)23(20)29-3)22(27)17-26-14-12-19(13-15-26)18-8-6-5-7-9-18/h5-12H,13-17H2,1-4H3/p+1. The minimum Gasteiger partial charge on any atom is -0.493 e. The fourth-order valence-corrected chi connectivity index (χ4v) is 3.84. The first-order chi connectivity index (χ1) is 14.6. The zero-order valence-corrected chi connectivity index (χ0v) is 18.2. The number of likely N-dealkylation sites (N-methyl/N-ethyl adjacent to an activating group) is 1. The van der Waals surface area contributed by atoms with Crippen molar-refractivity contribution in [3.8, 4) is 17.2 Å². The molecule has 0 fully saturated rings. The van der Waals surface area contributed by atoms with Gasteiger partial charge in [-0.2, -0.15) is 0 Å². The van der Waals surface area contributed by atoms with Crippen LogP contribution in [0, 0.1) is 0 Å². The van der Waals surface area contributed by atoms with Gasteiger partial charge in [0, 0.05) is 25.6 Å². The van der Waals surface area contributed by atoms with Crippen molar-refractivity contribution in [3.63, 3.8) is 0 Å². The number of methoxy groups -OCH3 is 3. The van der Waals surface area contributed by atoms with E-state index < -0.39 is 0 Å². The maximum absolute atomic E-state index is 12.8. The molecule has 0 saturated heterocycles. The fourth-order valence-electron chi connectivity index (χ4n) is 3.84. The number of carbonyl (C=O) groups excluding carboxylic acids is 1. The molecule has 1 aliphatic rings. The smallest absolute Gasteiger partial charge is 0.277 e. The highest BCUT2D eigenvalue weighted by Gasteiger charge is 2.23. The van der Waals surface area contributed by atoms with Crippen molar-refractivity contribution in [1.82, 2.24) is 4.90 Å². The highest BCUT2D eigenvalue weighted by atomic mass is 16.5. The third-order valence-electron chi connectivity index (χ3n) is 5.55. The maximum Gasteiger partial charge on any atom is 0.277 e. The van der Waals surface area contributed by atoms with Crippen LogP contribution in [0.4, 0.5) is 0 Å². The van der Waals surface area contributed by atoms with Gasteiger partial charge in [-0.05, 0) is 29.3 Å². The molecule has 6 nitrogen and oxygen atoms in total. The molecule has 3 rings (SSSR count). The van der Waals surface area contributed by atoms with Crippen molar-refractivity contribution >= 4 is 11.5 Å². The predicted octanol–water partition coefficient (Wildman–Crippen LogP) is 2.04. The molecule has 0 bridgehead atoms. The molecule has 0 aromatic heterocycles. The van der Waals surface area contributed by atoms with Crippen molar-refractivity contribution in [2.45, 2.75) is 13.0 Å². The number of carbonyl (C=O) groups is 1. The van der Waals surface area contributed by atoms with Gasteiger partial charge in [0.05, 0.1) is 34.4 Å². The highest BCUT2D eigenvalue weighted by Crippen LogP contribution is 2.40.